The van der Waals surface area contributed by atoms with Gasteiger partial charge in [-0.25, -0.2) is 4.79 Å². The lowest BCUT2D eigenvalue weighted by Crippen LogP contribution is -2.58. The molecule has 2 aromatic rings. The quantitative estimate of drug-likeness (QED) is 0.456. The lowest BCUT2D eigenvalue weighted by molar-refractivity contribution is -0.147. The molecule has 0 aliphatic carbocycles. The van der Waals surface area contributed by atoms with E-state index in [1.165, 1.54) is 0 Å². The maximum absolute atomic E-state index is 14.0. The van der Waals surface area contributed by atoms with Gasteiger partial charge < -0.3 is 25.0 Å². The van der Waals surface area contributed by atoms with E-state index in [0.717, 1.165) is 5.56 Å². The SMILES string of the molecule is CCC(C)(C)N(C(=O)C(C)NC(=O)OC(C)(C)C)C(C(=O)Nc1ccc(OC)cc1)c1ccccc1C. The summed E-state index contributed by atoms with van der Waals surface area (Å²) in [7, 11) is 1.57. The second-order valence-electron chi connectivity index (χ2n) is 10.7. The van der Waals surface area contributed by atoms with E-state index in [1.807, 2.05) is 52.0 Å². The monoisotopic (exact) mass is 511 g/mol. The summed E-state index contributed by atoms with van der Waals surface area (Å²) in [5.41, 5.74) is 0.719. The van der Waals surface area contributed by atoms with Crippen molar-refractivity contribution < 1.29 is 23.9 Å². The third-order valence-corrected chi connectivity index (χ3v) is 6.21. The highest BCUT2D eigenvalue weighted by molar-refractivity contribution is 5.99. The summed E-state index contributed by atoms with van der Waals surface area (Å²) in [5, 5.41) is 5.60. The van der Waals surface area contributed by atoms with Crippen molar-refractivity contribution in [1.29, 1.82) is 0 Å². The molecule has 0 heterocycles. The van der Waals surface area contributed by atoms with E-state index in [-0.39, 0.29) is 5.91 Å². The van der Waals surface area contributed by atoms with Gasteiger partial charge in [0.2, 0.25) is 5.91 Å². The van der Waals surface area contributed by atoms with Gasteiger partial charge in [0, 0.05) is 11.2 Å². The van der Waals surface area contributed by atoms with Crippen molar-refractivity contribution in [3.8, 4) is 5.75 Å². The zero-order valence-electron chi connectivity index (χ0n) is 23.5. The van der Waals surface area contributed by atoms with Gasteiger partial charge in [0.1, 0.15) is 23.4 Å². The van der Waals surface area contributed by atoms with E-state index in [4.69, 9.17) is 9.47 Å². The summed E-state index contributed by atoms with van der Waals surface area (Å²) in [6, 6.07) is 12.6. The number of nitrogens with zero attached hydrogens (tertiary/aromatic N) is 1. The standard InChI is InChI=1S/C29H41N3O5/c1-10-29(7,8)32(26(34)20(3)30-27(35)37-28(4,5)6)24(23-14-12-11-13-19(23)2)25(33)31-21-15-17-22(36-9)18-16-21/h11-18,20,24H,10H2,1-9H3,(H,30,35)(H,31,33). The Morgan fingerprint density at radius 2 is 1.57 bits per heavy atom. The van der Waals surface area contributed by atoms with Gasteiger partial charge in [0.05, 0.1) is 7.11 Å². The van der Waals surface area contributed by atoms with E-state index in [0.29, 0.717) is 23.4 Å². The largest absolute Gasteiger partial charge is 0.497 e. The number of nitrogens with one attached hydrogen (secondary N) is 2. The minimum atomic E-state index is -0.950. The Labute approximate surface area is 220 Å². The normalized spacial score (nSPS) is 13.2. The van der Waals surface area contributed by atoms with Crippen LogP contribution in [0.25, 0.3) is 0 Å². The third-order valence-electron chi connectivity index (χ3n) is 6.21. The second kappa shape index (κ2) is 12.1. The van der Waals surface area contributed by atoms with Gasteiger partial charge in [-0.15, -0.1) is 0 Å². The Bertz CT molecular complexity index is 1090. The Balaban J connectivity index is 2.52. The molecule has 3 amide bonds. The van der Waals surface area contributed by atoms with Gasteiger partial charge >= 0.3 is 6.09 Å². The van der Waals surface area contributed by atoms with Gasteiger partial charge in [-0.2, -0.15) is 0 Å². The van der Waals surface area contributed by atoms with Gasteiger partial charge in [-0.05, 0) is 90.3 Å². The van der Waals surface area contributed by atoms with Crippen molar-refractivity contribution in [1.82, 2.24) is 10.2 Å². The average molecular weight is 512 g/mol. The number of benzene rings is 2. The molecule has 2 rings (SSSR count). The van der Waals surface area contributed by atoms with E-state index >= 15 is 0 Å². The summed E-state index contributed by atoms with van der Waals surface area (Å²) in [6.45, 7) is 14.6. The molecule has 0 saturated heterocycles. The van der Waals surface area contributed by atoms with Crippen molar-refractivity contribution in [3.63, 3.8) is 0 Å². The lowest BCUT2D eigenvalue weighted by Gasteiger charge is -2.44. The van der Waals surface area contributed by atoms with Crippen LogP contribution in [0.2, 0.25) is 0 Å². The number of carbonyl (C=O) groups excluding carboxylic acids is 3. The van der Waals surface area contributed by atoms with Crippen LogP contribution in [-0.4, -0.2) is 47.1 Å². The summed E-state index contributed by atoms with van der Waals surface area (Å²) in [5.74, 6) is -0.0888. The molecule has 0 aromatic heterocycles. The predicted octanol–water partition coefficient (Wildman–Crippen LogP) is 5.61. The Hall–Kier alpha value is -3.55. The molecule has 8 nitrogen and oxygen atoms in total. The van der Waals surface area contributed by atoms with Crippen molar-refractivity contribution in [2.45, 2.75) is 85.0 Å². The molecule has 0 aliphatic rings. The van der Waals surface area contributed by atoms with Crippen LogP contribution >= 0.6 is 0 Å². The molecule has 0 radical (unpaired) electrons. The van der Waals surface area contributed by atoms with Gasteiger partial charge in [-0.3, -0.25) is 9.59 Å². The molecule has 0 bridgehead atoms. The Morgan fingerprint density at radius 3 is 2.08 bits per heavy atom. The molecule has 202 valence electrons. The van der Waals surface area contributed by atoms with Crippen LogP contribution < -0.4 is 15.4 Å². The van der Waals surface area contributed by atoms with E-state index in [2.05, 4.69) is 10.6 Å². The Kier molecular flexibility index (Phi) is 9.73. The molecule has 0 aliphatic heterocycles. The van der Waals surface area contributed by atoms with Crippen LogP contribution in [0.1, 0.15) is 72.1 Å². The molecule has 2 unspecified atom stereocenters. The number of rotatable bonds is 9. The fraction of sp³-hybridized carbons (Fsp3) is 0.483. The topological polar surface area (TPSA) is 97.0 Å². The predicted molar refractivity (Wildman–Crippen MR) is 146 cm³/mol. The summed E-state index contributed by atoms with van der Waals surface area (Å²) >= 11 is 0. The first-order valence-corrected chi connectivity index (χ1v) is 12.5. The number of methoxy groups -OCH3 is 1. The maximum atomic E-state index is 14.0. The van der Waals surface area contributed by atoms with Crippen LogP contribution in [0.15, 0.2) is 48.5 Å². The van der Waals surface area contributed by atoms with Gasteiger partial charge in [-0.1, -0.05) is 31.2 Å². The van der Waals surface area contributed by atoms with Crippen LogP contribution in [0.4, 0.5) is 10.5 Å². The van der Waals surface area contributed by atoms with Crippen LogP contribution in [0.5, 0.6) is 5.75 Å². The van der Waals surface area contributed by atoms with E-state index in [1.54, 1.807) is 64.0 Å². The highest BCUT2D eigenvalue weighted by Gasteiger charge is 2.42. The smallest absolute Gasteiger partial charge is 0.408 e. The zero-order valence-corrected chi connectivity index (χ0v) is 23.5. The highest BCUT2D eigenvalue weighted by Crippen LogP contribution is 2.34. The minimum absolute atomic E-state index is 0.362. The molecule has 2 atom stereocenters. The number of hydrogen-bond donors (Lipinski definition) is 2. The first kappa shape index (κ1) is 29.7. The lowest BCUT2D eigenvalue weighted by atomic mass is 9.90. The molecule has 0 fully saturated rings. The van der Waals surface area contributed by atoms with Crippen molar-refractivity contribution in [2.75, 3.05) is 12.4 Å². The highest BCUT2D eigenvalue weighted by atomic mass is 16.6. The number of hydrogen-bond acceptors (Lipinski definition) is 5. The van der Waals surface area contributed by atoms with Gasteiger partial charge in [0.15, 0.2) is 0 Å². The van der Waals surface area contributed by atoms with Crippen LogP contribution in [-0.2, 0) is 14.3 Å². The number of aryl methyl sites for hydroxylation is 1. The minimum Gasteiger partial charge on any atom is -0.497 e. The molecule has 2 aromatic carbocycles. The molecular formula is C29H41N3O5. The fourth-order valence-electron chi connectivity index (χ4n) is 3.88. The average Bonchev–Trinajstić information content (AvgIpc) is 2.81. The van der Waals surface area contributed by atoms with E-state index < -0.39 is 35.2 Å². The fourth-order valence-corrected chi connectivity index (χ4v) is 3.88. The number of amides is 3. The first-order valence-electron chi connectivity index (χ1n) is 12.5. The van der Waals surface area contributed by atoms with Gasteiger partial charge in [0.25, 0.3) is 5.91 Å². The van der Waals surface area contributed by atoms with E-state index in [9.17, 15) is 14.4 Å². The molecule has 37 heavy (non-hydrogen) atoms. The molecule has 0 saturated carbocycles. The summed E-state index contributed by atoms with van der Waals surface area (Å²) in [4.78, 5) is 41.9. The van der Waals surface area contributed by atoms with Crippen LogP contribution in [0.3, 0.4) is 0 Å². The maximum Gasteiger partial charge on any atom is 0.408 e. The number of anilines is 1. The third kappa shape index (κ3) is 7.97. The van der Waals surface area contributed by atoms with Crippen molar-refractivity contribution >= 4 is 23.6 Å². The Morgan fingerprint density at radius 1 is 0.973 bits per heavy atom. The number of ether oxygens (including phenoxy) is 2. The number of alkyl carbamates (subject to hydrolysis) is 1. The first-order chi connectivity index (χ1) is 17.2. The second-order valence-corrected chi connectivity index (χ2v) is 10.7. The van der Waals surface area contributed by atoms with Crippen molar-refractivity contribution in [2.24, 2.45) is 0 Å². The molecule has 0 spiro atoms. The number of carbonyl (C=O) groups is 3. The molecular weight excluding hydrogens is 470 g/mol. The molecule has 2 N–H and O–H groups in total. The van der Waals surface area contributed by atoms with Crippen LogP contribution in [0, 0.1) is 6.92 Å². The van der Waals surface area contributed by atoms with Crippen molar-refractivity contribution in [3.05, 3.63) is 59.7 Å². The zero-order chi connectivity index (χ0) is 28.0. The molecule has 8 heteroatoms. The summed E-state index contributed by atoms with van der Waals surface area (Å²) in [6.07, 6.45) is -0.117. The summed E-state index contributed by atoms with van der Waals surface area (Å²) < 4.78 is 10.6.